The van der Waals surface area contributed by atoms with E-state index in [4.69, 9.17) is 15.1 Å². The van der Waals surface area contributed by atoms with Crippen molar-refractivity contribution in [1.82, 2.24) is 9.97 Å². The summed E-state index contributed by atoms with van der Waals surface area (Å²) < 4.78 is 5.50. The van der Waals surface area contributed by atoms with Crippen LogP contribution in [0, 0.1) is 25.2 Å². The van der Waals surface area contributed by atoms with E-state index in [0.717, 1.165) is 0 Å². The fourth-order valence-corrected chi connectivity index (χ4v) is 1.64. The zero-order valence-corrected chi connectivity index (χ0v) is 10.9. The zero-order valence-electron chi connectivity index (χ0n) is 10.9. The van der Waals surface area contributed by atoms with Gasteiger partial charge in [-0.15, -0.1) is 0 Å². The first-order chi connectivity index (χ1) is 9.49. The zero-order chi connectivity index (χ0) is 14.7. The molecule has 1 aromatic carbocycles. The van der Waals surface area contributed by atoms with Gasteiger partial charge >= 0.3 is 12.0 Å². The summed E-state index contributed by atoms with van der Waals surface area (Å²) in [5.74, 6) is -0.553. The van der Waals surface area contributed by atoms with Crippen LogP contribution in [0.2, 0.25) is 0 Å². The van der Waals surface area contributed by atoms with Crippen molar-refractivity contribution in [1.29, 1.82) is 5.26 Å². The number of ether oxygens (including phenoxy) is 1. The number of rotatable bonds is 3. The molecule has 0 atom stereocenters. The lowest BCUT2D eigenvalue weighted by Gasteiger charge is -2.08. The average Bonchev–Trinajstić information content (AvgIpc) is 2.40. The third-order valence-electron chi connectivity index (χ3n) is 2.57. The van der Waals surface area contributed by atoms with E-state index in [1.807, 2.05) is 6.07 Å². The maximum Gasteiger partial charge on any atom is 0.335 e. The predicted octanol–water partition coefficient (Wildman–Crippen LogP) is 2.46. The number of nitriles is 1. The summed E-state index contributed by atoms with van der Waals surface area (Å²) in [6.45, 7) is 3.46. The Morgan fingerprint density at radius 2 is 2.05 bits per heavy atom. The van der Waals surface area contributed by atoms with Crippen LogP contribution in [0.25, 0.3) is 0 Å². The van der Waals surface area contributed by atoms with Gasteiger partial charge in [0, 0.05) is 5.69 Å². The van der Waals surface area contributed by atoms with Crippen molar-refractivity contribution in [2.45, 2.75) is 13.8 Å². The van der Waals surface area contributed by atoms with Crippen LogP contribution in [0.1, 0.15) is 27.3 Å². The Labute approximate surface area is 115 Å². The lowest BCUT2D eigenvalue weighted by molar-refractivity contribution is 0.0697. The summed E-state index contributed by atoms with van der Waals surface area (Å²) >= 11 is 0. The van der Waals surface area contributed by atoms with Gasteiger partial charge in [-0.2, -0.15) is 10.2 Å². The van der Waals surface area contributed by atoms with E-state index in [9.17, 15) is 4.79 Å². The summed E-state index contributed by atoms with van der Waals surface area (Å²) in [5, 5.41) is 17.7. The van der Waals surface area contributed by atoms with Crippen molar-refractivity contribution in [3.05, 3.63) is 46.8 Å². The Balaban J connectivity index is 2.33. The van der Waals surface area contributed by atoms with Crippen LogP contribution < -0.4 is 4.74 Å². The van der Waals surface area contributed by atoms with E-state index in [1.165, 1.54) is 18.2 Å². The van der Waals surface area contributed by atoms with E-state index in [0.29, 0.717) is 17.0 Å². The SMILES string of the molecule is Cc1cc(C#N)nc(Oc2ccc(C(=O)O)cc2C)n1. The highest BCUT2D eigenvalue weighted by Gasteiger charge is 2.09. The molecule has 1 aromatic heterocycles. The highest BCUT2D eigenvalue weighted by atomic mass is 16.5. The topological polar surface area (TPSA) is 96.1 Å². The number of aromatic carboxylic acids is 1. The van der Waals surface area contributed by atoms with Gasteiger partial charge in [-0.05, 0) is 43.7 Å². The molecular weight excluding hydrogens is 258 g/mol. The van der Waals surface area contributed by atoms with Crippen molar-refractivity contribution < 1.29 is 14.6 Å². The fraction of sp³-hybridized carbons (Fsp3) is 0.143. The third kappa shape index (κ3) is 2.90. The van der Waals surface area contributed by atoms with Crippen LogP contribution in [0.4, 0.5) is 0 Å². The average molecular weight is 269 g/mol. The molecule has 0 radical (unpaired) electrons. The van der Waals surface area contributed by atoms with Crippen LogP contribution in [-0.4, -0.2) is 21.0 Å². The molecule has 0 unspecified atom stereocenters. The molecule has 2 rings (SSSR count). The van der Waals surface area contributed by atoms with Crippen LogP contribution in [0.15, 0.2) is 24.3 Å². The second-order valence-corrected chi connectivity index (χ2v) is 4.18. The number of aromatic nitrogens is 2. The van der Waals surface area contributed by atoms with Gasteiger partial charge in [0.25, 0.3) is 0 Å². The molecule has 0 spiro atoms. The molecule has 0 saturated heterocycles. The molecule has 0 fully saturated rings. The molecule has 0 bridgehead atoms. The lowest BCUT2D eigenvalue weighted by atomic mass is 10.1. The molecule has 20 heavy (non-hydrogen) atoms. The first kappa shape index (κ1) is 13.5. The molecule has 0 aliphatic rings. The van der Waals surface area contributed by atoms with E-state index < -0.39 is 5.97 Å². The van der Waals surface area contributed by atoms with Crippen molar-refractivity contribution in [3.8, 4) is 17.8 Å². The smallest absolute Gasteiger partial charge is 0.335 e. The van der Waals surface area contributed by atoms with Gasteiger partial charge in [-0.25, -0.2) is 9.78 Å². The third-order valence-corrected chi connectivity index (χ3v) is 2.57. The molecule has 0 amide bonds. The summed E-state index contributed by atoms with van der Waals surface area (Å²) in [5.41, 5.74) is 1.66. The lowest BCUT2D eigenvalue weighted by Crippen LogP contribution is -2.00. The minimum absolute atomic E-state index is 0.0627. The Morgan fingerprint density at radius 3 is 2.65 bits per heavy atom. The molecular formula is C14H11N3O3. The van der Waals surface area contributed by atoms with Gasteiger partial charge in [0.05, 0.1) is 5.56 Å². The highest BCUT2D eigenvalue weighted by molar-refractivity contribution is 5.88. The maximum atomic E-state index is 10.8. The number of benzene rings is 1. The molecule has 6 nitrogen and oxygen atoms in total. The minimum atomic E-state index is -1.00. The van der Waals surface area contributed by atoms with Crippen LogP contribution in [0.3, 0.4) is 0 Å². The van der Waals surface area contributed by atoms with E-state index >= 15 is 0 Å². The van der Waals surface area contributed by atoms with Gasteiger partial charge in [0.1, 0.15) is 17.5 Å². The van der Waals surface area contributed by atoms with Crippen molar-refractivity contribution in [3.63, 3.8) is 0 Å². The van der Waals surface area contributed by atoms with Crippen LogP contribution in [0.5, 0.6) is 11.8 Å². The Kier molecular flexibility index (Phi) is 3.62. The standard InChI is InChI=1S/C14H11N3O3/c1-8-5-10(13(18)19)3-4-12(8)20-14-16-9(2)6-11(7-15)17-14/h3-6H,1-2H3,(H,18,19). The maximum absolute atomic E-state index is 10.8. The Morgan fingerprint density at radius 1 is 1.30 bits per heavy atom. The summed E-state index contributed by atoms with van der Waals surface area (Å²) in [7, 11) is 0. The highest BCUT2D eigenvalue weighted by Crippen LogP contribution is 2.23. The summed E-state index contributed by atoms with van der Waals surface area (Å²) in [6.07, 6.45) is 0. The second kappa shape index (κ2) is 5.36. The second-order valence-electron chi connectivity index (χ2n) is 4.18. The Hall–Kier alpha value is -2.94. The van der Waals surface area contributed by atoms with Crippen LogP contribution >= 0.6 is 0 Å². The van der Waals surface area contributed by atoms with Gasteiger partial charge in [-0.1, -0.05) is 0 Å². The largest absolute Gasteiger partial charge is 0.478 e. The number of carboxylic acid groups (broad SMARTS) is 1. The number of carbonyl (C=O) groups is 1. The number of aryl methyl sites for hydroxylation is 2. The number of nitrogens with zero attached hydrogens (tertiary/aromatic N) is 3. The molecule has 2 aromatic rings. The van der Waals surface area contributed by atoms with Gasteiger partial charge < -0.3 is 9.84 Å². The molecule has 1 heterocycles. The van der Waals surface area contributed by atoms with Crippen molar-refractivity contribution in [2.24, 2.45) is 0 Å². The molecule has 6 heteroatoms. The number of hydrogen-bond donors (Lipinski definition) is 1. The molecule has 100 valence electrons. The number of carboxylic acids is 1. The van der Waals surface area contributed by atoms with Crippen LogP contribution in [-0.2, 0) is 0 Å². The normalized spacial score (nSPS) is 9.85. The molecule has 0 saturated carbocycles. The minimum Gasteiger partial charge on any atom is -0.478 e. The molecule has 0 aliphatic heterocycles. The number of hydrogen-bond acceptors (Lipinski definition) is 5. The van der Waals surface area contributed by atoms with E-state index in [-0.39, 0.29) is 17.3 Å². The quantitative estimate of drug-likeness (QED) is 0.919. The van der Waals surface area contributed by atoms with E-state index in [2.05, 4.69) is 9.97 Å². The summed E-state index contributed by atoms with van der Waals surface area (Å²) in [4.78, 5) is 18.9. The predicted molar refractivity (Wildman–Crippen MR) is 69.7 cm³/mol. The van der Waals surface area contributed by atoms with Gasteiger partial charge in [0.2, 0.25) is 0 Å². The van der Waals surface area contributed by atoms with Crippen molar-refractivity contribution >= 4 is 5.97 Å². The van der Waals surface area contributed by atoms with E-state index in [1.54, 1.807) is 19.9 Å². The molecule has 0 aliphatic carbocycles. The molecule has 1 N–H and O–H groups in total. The fourth-order valence-electron chi connectivity index (χ4n) is 1.64. The summed E-state index contributed by atoms with van der Waals surface area (Å²) in [6, 6.07) is 8.01. The first-order valence-electron chi connectivity index (χ1n) is 5.77. The Bertz CT molecular complexity index is 720. The first-order valence-corrected chi connectivity index (χ1v) is 5.77. The van der Waals surface area contributed by atoms with Gasteiger partial charge in [-0.3, -0.25) is 0 Å². The van der Waals surface area contributed by atoms with Crippen molar-refractivity contribution in [2.75, 3.05) is 0 Å². The monoisotopic (exact) mass is 269 g/mol. The van der Waals surface area contributed by atoms with Gasteiger partial charge in [0.15, 0.2) is 0 Å².